The normalized spacial score (nSPS) is 11.4. The summed E-state index contributed by atoms with van der Waals surface area (Å²) in [5, 5.41) is -0.199. The van der Waals surface area contributed by atoms with Gasteiger partial charge >= 0.3 is 0 Å². The predicted molar refractivity (Wildman–Crippen MR) is 79.7 cm³/mol. The molecule has 0 fully saturated rings. The van der Waals surface area contributed by atoms with Crippen LogP contribution in [0.4, 0.5) is 10.1 Å². The highest BCUT2D eigenvalue weighted by Crippen LogP contribution is 2.30. The third-order valence-electron chi connectivity index (χ3n) is 2.90. The lowest BCUT2D eigenvalue weighted by molar-refractivity contribution is 0.403. The lowest BCUT2D eigenvalue weighted by Gasteiger charge is -2.11. The molecule has 0 atom stereocenters. The minimum atomic E-state index is -3.74. The Morgan fingerprint density at radius 1 is 1.29 bits per heavy atom. The molecule has 21 heavy (non-hydrogen) atoms. The highest BCUT2D eigenvalue weighted by molar-refractivity contribution is 7.90. The second kappa shape index (κ2) is 5.91. The minimum absolute atomic E-state index is 0.0143. The van der Waals surface area contributed by atoms with Crippen molar-refractivity contribution in [2.24, 2.45) is 0 Å². The van der Waals surface area contributed by atoms with Gasteiger partial charge < -0.3 is 10.5 Å². The first kappa shape index (κ1) is 15.6. The van der Waals surface area contributed by atoms with E-state index < -0.39 is 21.4 Å². The molecular formula is C14H13ClFNO3S. The molecule has 2 N–H and O–H groups in total. The molecular weight excluding hydrogens is 317 g/mol. The van der Waals surface area contributed by atoms with E-state index in [1.54, 1.807) is 0 Å². The van der Waals surface area contributed by atoms with E-state index >= 15 is 0 Å². The van der Waals surface area contributed by atoms with E-state index in [9.17, 15) is 12.8 Å². The maximum atomic E-state index is 13.4. The first-order chi connectivity index (χ1) is 9.85. The van der Waals surface area contributed by atoms with Crippen LogP contribution in [0.5, 0.6) is 5.75 Å². The molecule has 112 valence electrons. The van der Waals surface area contributed by atoms with E-state index in [4.69, 9.17) is 22.1 Å². The molecule has 0 heterocycles. The second-order valence-corrected chi connectivity index (χ2v) is 6.72. The van der Waals surface area contributed by atoms with Crippen LogP contribution in [0, 0.1) is 5.82 Å². The highest BCUT2D eigenvalue weighted by atomic mass is 35.5. The fourth-order valence-corrected chi connectivity index (χ4v) is 3.69. The Kier molecular flexibility index (Phi) is 4.39. The molecule has 7 heteroatoms. The number of hydrogen-bond donors (Lipinski definition) is 1. The summed E-state index contributed by atoms with van der Waals surface area (Å²) in [7, 11) is -2.39. The summed E-state index contributed by atoms with van der Waals surface area (Å²) in [5.74, 6) is -0.944. The smallest absolute Gasteiger partial charge is 0.186 e. The Hall–Kier alpha value is -1.79. The first-order valence-corrected chi connectivity index (χ1v) is 7.97. The third-order valence-corrected chi connectivity index (χ3v) is 5.02. The molecule has 0 aromatic heterocycles. The summed E-state index contributed by atoms with van der Waals surface area (Å²) in [6, 6.07) is 8.28. The molecule has 0 saturated heterocycles. The van der Waals surface area contributed by atoms with Crippen molar-refractivity contribution in [3.8, 4) is 5.75 Å². The van der Waals surface area contributed by atoms with Crippen LogP contribution in [0.25, 0.3) is 0 Å². The van der Waals surface area contributed by atoms with Crippen molar-refractivity contribution in [2.45, 2.75) is 10.6 Å². The molecule has 0 aliphatic heterocycles. The molecule has 0 amide bonds. The van der Waals surface area contributed by atoms with E-state index in [2.05, 4.69) is 0 Å². The lowest BCUT2D eigenvalue weighted by Crippen LogP contribution is -2.08. The van der Waals surface area contributed by atoms with Crippen LogP contribution in [0.1, 0.15) is 5.56 Å². The molecule has 0 radical (unpaired) electrons. The molecule has 4 nitrogen and oxygen atoms in total. The van der Waals surface area contributed by atoms with Crippen LogP contribution in [0.3, 0.4) is 0 Å². The second-order valence-electron chi connectivity index (χ2n) is 4.38. The number of nitrogens with two attached hydrogens (primary N) is 1. The van der Waals surface area contributed by atoms with Gasteiger partial charge in [-0.2, -0.15) is 0 Å². The molecule has 0 bridgehead atoms. The Labute approximate surface area is 127 Å². The lowest BCUT2D eigenvalue weighted by atomic mass is 10.2. The summed E-state index contributed by atoms with van der Waals surface area (Å²) in [5.41, 5.74) is 6.17. The SMILES string of the molecule is COc1cc(N)ccc1S(=O)(=O)Cc1cccc(F)c1Cl. The number of halogens is 2. The number of nitrogen functional groups attached to an aromatic ring is 1. The Bertz CT molecular complexity index is 778. The van der Waals surface area contributed by atoms with Crippen molar-refractivity contribution in [3.63, 3.8) is 0 Å². The molecule has 2 aromatic rings. The van der Waals surface area contributed by atoms with E-state index in [1.165, 1.54) is 43.5 Å². The zero-order valence-corrected chi connectivity index (χ0v) is 12.7. The summed E-state index contributed by atoms with van der Waals surface area (Å²) in [6.45, 7) is 0. The monoisotopic (exact) mass is 329 g/mol. The van der Waals surface area contributed by atoms with Crippen molar-refractivity contribution in [2.75, 3.05) is 12.8 Å². The number of hydrogen-bond acceptors (Lipinski definition) is 4. The van der Waals surface area contributed by atoms with Crippen molar-refractivity contribution >= 4 is 27.1 Å². The van der Waals surface area contributed by atoms with Gasteiger partial charge in [0.05, 0.1) is 17.9 Å². The fraction of sp³-hybridized carbons (Fsp3) is 0.143. The highest BCUT2D eigenvalue weighted by Gasteiger charge is 2.22. The van der Waals surface area contributed by atoms with Gasteiger partial charge in [0.1, 0.15) is 16.5 Å². The Morgan fingerprint density at radius 2 is 2.00 bits per heavy atom. The van der Waals surface area contributed by atoms with Crippen LogP contribution >= 0.6 is 11.6 Å². The quantitative estimate of drug-likeness (QED) is 0.875. The van der Waals surface area contributed by atoms with Crippen molar-refractivity contribution in [3.05, 3.63) is 52.8 Å². The summed E-state index contributed by atoms with van der Waals surface area (Å²) >= 11 is 5.79. The Morgan fingerprint density at radius 3 is 2.67 bits per heavy atom. The van der Waals surface area contributed by atoms with Gasteiger partial charge in [-0.1, -0.05) is 23.7 Å². The van der Waals surface area contributed by atoms with E-state index in [0.717, 1.165) is 0 Å². The van der Waals surface area contributed by atoms with E-state index in [-0.39, 0.29) is 21.2 Å². The van der Waals surface area contributed by atoms with Gasteiger partial charge in [-0.3, -0.25) is 0 Å². The van der Waals surface area contributed by atoms with E-state index in [0.29, 0.717) is 5.69 Å². The van der Waals surface area contributed by atoms with Crippen LogP contribution in [0.15, 0.2) is 41.3 Å². The van der Waals surface area contributed by atoms with Crippen molar-refractivity contribution < 1.29 is 17.5 Å². The summed E-state index contributed by atoms with van der Waals surface area (Å²) in [6.07, 6.45) is 0. The number of benzene rings is 2. The average Bonchev–Trinajstić information content (AvgIpc) is 2.43. The molecule has 2 rings (SSSR count). The predicted octanol–water partition coefficient (Wildman–Crippen LogP) is 3.04. The van der Waals surface area contributed by atoms with Crippen LogP contribution in [0.2, 0.25) is 5.02 Å². The van der Waals surface area contributed by atoms with Gasteiger partial charge in [0.25, 0.3) is 0 Å². The number of rotatable bonds is 4. The maximum absolute atomic E-state index is 13.4. The van der Waals surface area contributed by atoms with Gasteiger partial charge in [0, 0.05) is 11.8 Å². The van der Waals surface area contributed by atoms with Crippen LogP contribution in [-0.4, -0.2) is 15.5 Å². The maximum Gasteiger partial charge on any atom is 0.186 e. The fourth-order valence-electron chi connectivity index (χ4n) is 1.88. The number of methoxy groups -OCH3 is 1. The topological polar surface area (TPSA) is 69.4 Å². The summed E-state index contributed by atoms with van der Waals surface area (Å²) < 4.78 is 43.3. The Balaban J connectivity index is 2.46. The standard InChI is InChI=1S/C14H13ClFNO3S/c1-20-12-7-10(17)5-6-13(12)21(18,19)8-9-3-2-4-11(16)14(9)15/h2-7H,8,17H2,1H3. The zero-order valence-electron chi connectivity index (χ0n) is 11.1. The van der Waals surface area contributed by atoms with Crippen molar-refractivity contribution in [1.82, 2.24) is 0 Å². The largest absolute Gasteiger partial charge is 0.495 e. The third kappa shape index (κ3) is 3.28. The van der Waals surface area contributed by atoms with Gasteiger partial charge in [-0.05, 0) is 23.8 Å². The van der Waals surface area contributed by atoms with Crippen LogP contribution in [-0.2, 0) is 15.6 Å². The molecule has 0 unspecified atom stereocenters. The average molecular weight is 330 g/mol. The van der Waals surface area contributed by atoms with Crippen LogP contribution < -0.4 is 10.5 Å². The zero-order chi connectivity index (χ0) is 15.6. The van der Waals surface area contributed by atoms with Gasteiger partial charge in [0.15, 0.2) is 9.84 Å². The van der Waals surface area contributed by atoms with Crippen molar-refractivity contribution in [1.29, 1.82) is 0 Å². The molecule has 0 spiro atoms. The summed E-state index contributed by atoms with van der Waals surface area (Å²) in [4.78, 5) is -0.0143. The number of sulfone groups is 1. The molecule has 0 aliphatic rings. The van der Waals surface area contributed by atoms with Gasteiger partial charge in [-0.15, -0.1) is 0 Å². The van der Waals surface area contributed by atoms with E-state index in [1.807, 2.05) is 0 Å². The number of anilines is 1. The molecule has 2 aromatic carbocycles. The first-order valence-electron chi connectivity index (χ1n) is 5.94. The number of ether oxygens (including phenoxy) is 1. The van der Waals surface area contributed by atoms with Gasteiger partial charge in [0.2, 0.25) is 0 Å². The van der Waals surface area contributed by atoms with Gasteiger partial charge in [-0.25, -0.2) is 12.8 Å². The molecule has 0 saturated carbocycles. The molecule has 0 aliphatic carbocycles. The minimum Gasteiger partial charge on any atom is -0.495 e.